The van der Waals surface area contributed by atoms with Gasteiger partial charge in [0.2, 0.25) is 0 Å². The van der Waals surface area contributed by atoms with Gasteiger partial charge in [-0.25, -0.2) is 9.97 Å². The minimum absolute atomic E-state index is 0.399. The monoisotopic (exact) mass is 247 g/mol. The smallest absolute Gasteiger partial charge is 0.172 e. The van der Waals surface area contributed by atoms with Gasteiger partial charge in [-0.1, -0.05) is 29.8 Å². The number of benzene rings is 1. The molecule has 88 valence electrons. The van der Waals surface area contributed by atoms with Crippen LogP contribution in [0.2, 0.25) is 5.15 Å². The molecule has 2 aromatic rings. The van der Waals surface area contributed by atoms with Crippen molar-refractivity contribution in [2.75, 3.05) is 5.32 Å². The van der Waals surface area contributed by atoms with E-state index in [-0.39, 0.29) is 0 Å². The molecule has 0 aliphatic carbocycles. The first-order valence-electron chi connectivity index (χ1n) is 5.41. The molecule has 17 heavy (non-hydrogen) atoms. The molecule has 0 saturated carbocycles. The lowest BCUT2D eigenvalue weighted by Gasteiger charge is -2.11. The van der Waals surface area contributed by atoms with E-state index in [4.69, 9.17) is 11.6 Å². The molecule has 0 bridgehead atoms. The molecule has 1 aromatic carbocycles. The van der Waals surface area contributed by atoms with E-state index in [0.29, 0.717) is 11.0 Å². The lowest BCUT2D eigenvalue weighted by atomic mass is 10.2. The van der Waals surface area contributed by atoms with Crippen LogP contribution >= 0.6 is 11.6 Å². The fraction of sp³-hybridized carbons (Fsp3) is 0.231. The number of aryl methyl sites for hydroxylation is 3. The highest BCUT2D eigenvalue weighted by Gasteiger charge is 2.07. The lowest BCUT2D eigenvalue weighted by molar-refractivity contribution is 1.05. The summed E-state index contributed by atoms with van der Waals surface area (Å²) in [7, 11) is 0. The van der Waals surface area contributed by atoms with Crippen molar-refractivity contribution in [3.05, 3.63) is 46.4 Å². The number of anilines is 2. The second kappa shape index (κ2) is 4.72. The number of aromatic nitrogens is 2. The Morgan fingerprint density at radius 3 is 2.35 bits per heavy atom. The van der Waals surface area contributed by atoms with Crippen LogP contribution in [0.3, 0.4) is 0 Å². The van der Waals surface area contributed by atoms with Crippen molar-refractivity contribution >= 4 is 23.1 Å². The van der Waals surface area contributed by atoms with E-state index in [2.05, 4.69) is 15.3 Å². The van der Waals surface area contributed by atoms with Crippen LogP contribution in [0.15, 0.2) is 24.3 Å². The van der Waals surface area contributed by atoms with Crippen molar-refractivity contribution in [3.8, 4) is 0 Å². The van der Waals surface area contributed by atoms with Gasteiger partial charge in [-0.15, -0.1) is 0 Å². The predicted octanol–water partition coefficient (Wildman–Crippen LogP) is 3.80. The first kappa shape index (κ1) is 11.9. The zero-order chi connectivity index (χ0) is 12.4. The number of hydrogen-bond acceptors (Lipinski definition) is 3. The van der Waals surface area contributed by atoms with E-state index in [1.165, 1.54) is 0 Å². The maximum absolute atomic E-state index is 6.07. The van der Waals surface area contributed by atoms with Crippen LogP contribution in [0.5, 0.6) is 0 Å². The van der Waals surface area contributed by atoms with Gasteiger partial charge in [-0.3, -0.25) is 0 Å². The van der Waals surface area contributed by atoms with Crippen molar-refractivity contribution in [2.24, 2.45) is 0 Å². The third-order valence-corrected chi connectivity index (χ3v) is 2.93. The average Bonchev–Trinajstić information content (AvgIpc) is 2.29. The van der Waals surface area contributed by atoms with Gasteiger partial charge in [-0.05, 0) is 32.4 Å². The summed E-state index contributed by atoms with van der Waals surface area (Å²) in [4.78, 5) is 8.64. The van der Waals surface area contributed by atoms with Crippen LogP contribution in [0, 0.1) is 20.8 Å². The van der Waals surface area contributed by atoms with E-state index in [0.717, 1.165) is 22.6 Å². The second-order valence-electron chi connectivity index (χ2n) is 3.97. The zero-order valence-electron chi connectivity index (χ0n) is 10.1. The molecule has 3 nitrogen and oxygen atoms in total. The summed E-state index contributed by atoms with van der Waals surface area (Å²) in [6.07, 6.45) is 0. The average molecular weight is 248 g/mol. The van der Waals surface area contributed by atoms with Crippen LogP contribution in [0.4, 0.5) is 11.5 Å². The molecule has 0 aliphatic rings. The Morgan fingerprint density at radius 1 is 1.00 bits per heavy atom. The molecular weight excluding hydrogens is 234 g/mol. The molecule has 0 radical (unpaired) electrons. The highest BCUT2D eigenvalue weighted by Crippen LogP contribution is 2.24. The summed E-state index contributed by atoms with van der Waals surface area (Å²) in [5, 5.41) is 3.60. The fourth-order valence-corrected chi connectivity index (χ4v) is 1.71. The maximum atomic E-state index is 6.07. The standard InChI is InChI=1S/C13H14ClN3/c1-8-6-4-5-7-11(8)17-13-12(14)15-9(2)10(3)16-13/h4-7H,1-3H3,(H,16,17). The Morgan fingerprint density at radius 2 is 1.65 bits per heavy atom. The van der Waals surface area contributed by atoms with Gasteiger partial charge in [0.25, 0.3) is 0 Å². The lowest BCUT2D eigenvalue weighted by Crippen LogP contribution is -2.01. The minimum atomic E-state index is 0.399. The molecule has 1 N–H and O–H groups in total. The van der Waals surface area contributed by atoms with E-state index in [1.54, 1.807) is 0 Å². The highest BCUT2D eigenvalue weighted by atomic mass is 35.5. The molecule has 1 aromatic heterocycles. The van der Waals surface area contributed by atoms with Crippen molar-refractivity contribution in [1.82, 2.24) is 9.97 Å². The molecule has 0 spiro atoms. The molecule has 0 amide bonds. The van der Waals surface area contributed by atoms with Crippen molar-refractivity contribution in [3.63, 3.8) is 0 Å². The molecule has 0 saturated heterocycles. The van der Waals surface area contributed by atoms with Crippen LogP contribution in [-0.2, 0) is 0 Å². The number of halogens is 1. The highest BCUT2D eigenvalue weighted by molar-refractivity contribution is 6.31. The molecule has 0 aliphatic heterocycles. The van der Waals surface area contributed by atoms with E-state index < -0.39 is 0 Å². The Labute approximate surface area is 106 Å². The summed E-state index contributed by atoms with van der Waals surface area (Å²) in [5.74, 6) is 0.601. The first-order valence-corrected chi connectivity index (χ1v) is 5.79. The van der Waals surface area contributed by atoms with E-state index in [1.807, 2.05) is 45.0 Å². The van der Waals surface area contributed by atoms with Crippen LogP contribution in [0.25, 0.3) is 0 Å². The summed E-state index contributed by atoms with van der Waals surface area (Å²) in [5.41, 5.74) is 3.87. The number of rotatable bonds is 2. The Bertz CT molecular complexity index is 552. The summed E-state index contributed by atoms with van der Waals surface area (Å²) < 4.78 is 0. The minimum Gasteiger partial charge on any atom is -0.337 e. The van der Waals surface area contributed by atoms with Crippen LogP contribution in [0.1, 0.15) is 17.0 Å². The summed E-state index contributed by atoms with van der Waals surface area (Å²) in [6.45, 7) is 5.85. The van der Waals surface area contributed by atoms with Crippen molar-refractivity contribution in [1.29, 1.82) is 0 Å². The van der Waals surface area contributed by atoms with Gasteiger partial charge in [-0.2, -0.15) is 0 Å². The predicted molar refractivity (Wildman–Crippen MR) is 71.0 cm³/mol. The topological polar surface area (TPSA) is 37.8 Å². The molecular formula is C13H14ClN3. The quantitative estimate of drug-likeness (QED) is 0.877. The maximum Gasteiger partial charge on any atom is 0.172 e. The molecule has 0 unspecified atom stereocenters. The summed E-state index contributed by atoms with van der Waals surface area (Å²) in [6, 6.07) is 7.99. The van der Waals surface area contributed by atoms with Crippen molar-refractivity contribution in [2.45, 2.75) is 20.8 Å². The molecule has 1 heterocycles. The van der Waals surface area contributed by atoms with E-state index in [9.17, 15) is 0 Å². The summed E-state index contributed by atoms with van der Waals surface area (Å²) >= 11 is 6.07. The van der Waals surface area contributed by atoms with Gasteiger partial charge in [0.15, 0.2) is 11.0 Å². The largest absolute Gasteiger partial charge is 0.337 e. The van der Waals surface area contributed by atoms with Gasteiger partial charge >= 0.3 is 0 Å². The normalized spacial score (nSPS) is 10.4. The van der Waals surface area contributed by atoms with E-state index >= 15 is 0 Å². The first-order chi connectivity index (χ1) is 8.08. The number of para-hydroxylation sites is 1. The third-order valence-electron chi connectivity index (χ3n) is 2.66. The Hall–Kier alpha value is -1.61. The number of nitrogens with zero attached hydrogens (tertiary/aromatic N) is 2. The molecule has 4 heteroatoms. The van der Waals surface area contributed by atoms with Crippen LogP contribution < -0.4 is 5.32 Å². The molecule has 2 rings (SSSR count). The third kappa shape index (κ3) is 2.56. The molecule has 0 atom stereocenters. The zero-order valence-corrected chi connectivity index (χ0v) is 10.8. The van der Waals surface area contributed by atoms with Crippen molar-refractivity contribution < 1.29 is 0 Å². The van der Waals surface area contributed by atoms with Gasteiger partial charge in [0.05, 0.1) is 11.4 Å². The van der Waals surface area contributed by atoms with Crippen LogP contribution in [-0.4, -0.2) is 9.97 Å². The SMILES string of the molecule is Cc1ccccc1Nc1nc(C)c(C)nc1Cl. The van der Waals surface area contributed by atoms with Gasteiger partial charge < -0.3 is 5.32 Å². The Balaban J connectivity index is 2.37. The molecule has 0 fully saturated rings. The van der Waals surface area contributed by atoms with Gasteiger partial charge in [0, 0.05) is 5.69 Å². The number of hydrogen-bond donors (Lipinski definition) is 1. The number of nitrogens with one attached hydrogen (secondary N) is 1. The second-order valence-corrected chi connectivity index (χ2v) is 4.33. The Kier molecular flexibility index (Phi) is 3.29. The fourth-order valence-electron chi connectivity index (χ4n) is 1.50. The van der Waals surface area contributed by atoms with Gasteiger partial charge in [0.1, 0.15) is 0 Å².